The minimum atomic E-state index is -0.0560. The molecule has 2 N–H and O–H groups in total. The third kappa shape index (κ3) is 5.92. The van der Waals surface area contributed by atoms with E-state index in [0.717, 1.165) is 50.0 Å². The molecule has 6 heteroatoms. The number of para-hydroxylation sites is 2. The van der Waals surface area contributed by atoms with Gasteiger partial charge in [0.1, 0.15) is 6.10 Å². The average Bonchev–Trinajstić information content (AvgIpc) is 3.11. The van der Waals surface area contributed by atoms with E-state index in [9.17, 15) is 0 Å². The lowest BCUT2D eigenvalue weighted by molar-refractivity contribution is 0.113. The molecule has 2 unspecified atom stereocenters. The summed E-state index contributed by atoms with van der Waals surface area (Å²) in [6.07, 6.45) is 2.49. The summed E-state index contributed by atoms with van der Waals surface area (Å²) in [6.45, 7) is 7.08. The number of ether oxygens (including phenoxy) is 3. The molecule has 1 saturated heterocycles. The zero-order valence-corrected chi connectivity index (χ0v) is 14.9. The third-order valence-electron chi connectivity index (χ3n) is 3.77. The summed E-state index contributed by atoms with van der Waals surface area (Å²) in [6, 6.07) is 7.65. The second-order valence-electron chi connectivity index (χ2n) is 5.81. The molecule has 0 bridgehead atoms. The van der Waals surface area contributed by atoms with Gasteiger partial charge in [0.25, 0.3) is 0 Å². The SMILES string of the molecule is CCNC(=NCC(C)Oc1ccccc1OC)NCC1CCCO1. The van der Waals surface area contributed by atoms with Crippen molar-refractivity contribution in [1.82, 2.24) is 10.6 Å². The molecular weight excluding hydrogens is 306 g/mol. The molecule has 0 saturated carbocycles. The fraction of sp³-hybridized carbons (Fsp3) is 0.611. The fourth-order valence-corrected chi connectivity index (χ4v) is 2.55. The van der Waals surface area contributed by atoms with E-state index in [0.29, 0.717) is 6.54 Å². The maximum absolute atomic E-state index is 5.93. The third-order valence-corrected chi connectivity index (χ3v) is 3.77. The highest BCUT2D eigenvalue weighted by Gasteiger charge is 2.15. The van der Waals surface area contributed by atoms with Crippen LogP contribution >= 0.6 is 0 Å². The van der Waals surface area contributed by atoms with E-state index < -0.39 is 0 Å². The lowest BCUT2D eigenvalue weighted by Gasteiger charge is -2.17. The second kappa shape index (κ2) is 10.0. The van der Waals surface area contributed by atoms with Crippen LogP contribution in [0.5, 0.6) is 11.5 Å². The molecule has 0 radical (unpaired) electrons. The predicted octanol–water partition coefficient (Wildman–Crippen LogP) is 2.20. The maximum atomic E-state index is 5.93. The smallest absolute Gasteiger partial charge is 0.191 e. The summed E-state index contributed by atoms with van der Waals surface area (Å²) in [4.78, 5) is 4.60. The van der Waals surface area contributed by atoms with Gasteiger partial charge in [0.15, 0.2) is 17.5 Å². The van der Waals surface area contributed by atoms with Gasteiger partial charge in [-0.05, 0) is 38.8 Å². The Balaban J connectivity index is 1.84. The number of methoxy groups -OCH3 is 1. The van der Waals surface area contributed by atoms with E-state index in [2.05, 4.69) is 22.5 Å². The molecule has 1 aliphatic rings. The van der Waals surface area contributed by atoms with Crippen LogP contribution in [0.2, 0.25) is 0 Å². The Morgan fingerprint density at radius 3 is 2.79 bits per heavy atom. The van der Waals surface area contributed by atoms with Gasteiger partial charge in [-0.25, -0.2) is 4.99 Å². The molecule has 2 rings (SSSR count). The highest BCUT2D eigenvalue weighted by Crippen LogP contribution is 2.26. The normalized spacial score (nSPS) is 19.0. The molecule has 1 aromatic carbocycles. The van der Waals surface area contributed by atoms with Crippen molar-refractivity contribution < 1.29 is 14.2 Å². The van der Waals surface area contributed by atoms with Crippen LogP contribution in [0, 0.1) is 0 Å². The monoisotopic (exact) mass is 335 g/mol. The van der Waals surface area contributed by atoms with Crippen LogP contribution in [-0.4, -0.2) is 51.5 Å². The first-order valence-electron chi connectivity index (χ1n) is 8.66. The Kier molecular flexibility index (Phi) is 7.68. The molecule has 1 heterocycles. The second-order valence-corrected chi connectivity index (χ2v) is 5.81. The van der Waals surface area contributed by atoms with Gasteiger partial charge in [-0.2, -0.15) is 0 Å². The summed E-state index contributed by atoms with van der Waals surface area (Å²) < 4.78 is 16.9. The first-order chi connectivity index (χ1) is 11.7. The van der Waals surface area contributed by atoms with Gasteiger partial charge >= 0.3 is 0 Å². The number of aliphatic imine (C=N–C) groups is 1. The van der Waals surface area contributed by atoms with Crippen molar-refractivity contribution in [2.75, 3.05) is 33.4 Å². The molecule has 0 aliphatic carbocycles. The molecule has 0 aromatic heterocycles. The van der Waals surface area contributed by atoms with Crippen LogP contribution in [0.15, 0.2) is 29.3 Å². The molecule has 0 spiro atoms. The van der Waals surface area contributed by atoms with E-state index in [1.54, 1.807) is 7.11 Å². The number of benzene rings is 1. The summed E-state index contributed by atoms with van der Waals surface area (Å²) in [7, 11) is 1.64. The predicted molar refractivity (Wildman–Crippen MR) is 96.0 cm³/mol. The number of rotatable bonds is 8. The number of hydrogen-bond donors (Lipinski definition) is 2. The Morgan fingerprint density at radius 2 is 2.12 bits per heavy atom. The zero-order valence-electron chi connectivity index (χ0n) is 14.9. The Morgan fingerprint density at radius 1 is 1.33 bits per heavy atom. The quantitative estimate of drug-likeness (QED) is 0.563. The zero-order chi connectivity index (χ0) is 17.2. The van der Waals surface area contributed by atoms with Gasteiger partial charge in [0.2, 0.25) is 0 Å². The number of nitrogens with zero attached hydrogens (tertiary/aromatic N) is 1. The number of guanidine groups is 1. The van der Waals surface area contributed by atoms with Gasteiger partial charge < -0.3 is 24.8 Å². The van der Waals surface area contributed by atoms with Crippen molar-refractivity contribution in [1.29, 1.82) is 0 Å². The van der Waals surface area contributed by atoms with E-state index in [1.165, 1.54) is 0 Å². The van der Waals surface area contributed by atoms with Gasteiger partial charge in [-0.3, -0.25) is 0 Å². The molecule has 1 aliphatic heterocycles. The number of hydrogen-bond acceptors (Lipinski definition) is 4. The molecule has 24 heavy (non-hydrogen) atoms. The standard InChI is InChI=1S/C18H29N3O3/c1-4-19-18(21-13-15-8-7-11-23-15)20-12-14(2)24-17-10-6-5-9-16(17)22-3/h5-6,9-10,14-15H,4,7-8,11-13H2,1-3H3,(H2,19,20,21). The van der Waals surface area contributed by atoms with E-state index in [1.807, 2.05) is 31.2 Å². The van der Waals surface area contributed by atoms with E-state index >= 15 is 0 Å². The molecule has 1 fully saturated rings. The lowest BCUT2D eigenvalue weighted by atomic mass is 10.2. The molecule has 134 valence electrons. The molecule has 6 nitrogen and oxygen atoms in total. The van der Waals surface area contributed by atoms with Crippen LogP contribution in [0.3, 0.4) is 0 Å². The van der Waals surface area contributed by atoms with Crippen molar-refractivity contribution >= 4 is 5.96 Å². The van der Waals surface area contributed by atoms with Crippen molar-refractivity contribution in [2.45, 2.75) is 38.9 Å². The summed E-state index contributed by atoms with van der Waals surface area (Å²) in [5.74, 6) is 2.26. The van der Waals surface area contributed by atoms with Crippen molar-refractivity contribution in [3.05, 3.63) is 24.3 Å². The first-order valence-corrected chi connectivity index (χ1v) is 8.66. The van der Waals surface area contributed by atoms with Crippen molar-refractivity contribution in [3.63, 3.8) is 0 Å². The largest absolute Gasteiger partial charge is 0.493 e. The van der Waals surface area contributed by atoms with E-state index in [-0.39, 0.29) is 12.2 Å². The minimum absolute atomic E-state index is 0.0560. The van der Waals surface area contributed by atoms with Crippen LogP contribution in [0.4, 0.5) is 0 Å². The first kappa shape index (κ1) is 18.4. The molecule has 2 atom stereocenters. The minimum Gasteiger partial charge on any atom is -0.493 e. The van der Waals surface area contributed by atoms with Crippen LogP contribution in [0.25, 0.3) is 0 Å². The maximum Gasteiger partial charge on any atom is 0.191 e. The van der Waals surface area contributed by atoms with Crippen LogP contribution in [0.1, 0.15) is 26.7 Å². The van der Waals surface area contributed by atoms with Gasteiger partial charge in [-0.15, -0.1) is 0 Å². The summed E-state index contributed by atoms with van der Waals surface area (Å²) in [5.41, 5.74) is 0. The molecule has 1 aromatic rings. The lowest BCUT2D eigenvalue weighted by Crippen LogP contribution is -2.41. The van der Waals surface area contributed by atoms with Crippen LogP contribution < -0.4 is 20.1 Å². The van der Waals surface area contributed by atoms with Crippen molar-refractivity contribution in [2.24, 2.45) is 4.99 Å². The van der Waals surface area contributed by atoms with Gasteiger partial charge in [0.05, 0.1) is 19.8 Å². The van der Waals surface area contributed by atoms with Gasteiger partial charge in [-0.1, -0.05) is 12.1 Å². The highest BCUT2D eigenvalue weighted by molar-refractivity contribution is 5.79. The average molecular weight is 335 g/mol. The Bertz CT molecular complexity index is 516. The van der Waals surface area contributed by atoms with E-state index in [4.69, 9.17) is 14.2 Å². The Labute approximate surface area is 144 Å². The van der Waals surface area contributed by atoms with Crippen LogP contribution in [-0.2, 0) is 4.74 Å². The topological polar surface area (TPSA) is 64.1 Å². The molecular formula is C18H29N3O3. The highest BCUT2D eigenvalue weighted by atomic mass is 16.5. The Hall–Kier alpha value is -1.95. The fourth-order valence-electron chi connectivity index (χ4n) is 2.55. The number of nitrogens with one attached hydrogen (secondary N) is 2. The summed E-state index contributed by atoms with van der Waals surface area (Å²) >= 11 is 0. The molecule has 0 amide bonds. The summed E-state index contributed by atoms with van der Waals surface area (Å²) in [5, 5.41) is 6.59. The van der Waals surface area contributed by atoms with Crippen molar-refractivity contribution in [3.8, 4) is 11.5 Å². The van der Waals surface area contributed by atoms with Gasteiger partial charge in [0, 0.05) is 19.7 Å².